The normalized spacial score (nSPS) is 11.8. The van der Waals surface area contributed by atoms with Crippen LogP contribution in [-0.4, -0.2) is 18.3 Å². The number of amides is 1. The van der Waals surface area contributed by atoms with Gasteiger partial charge in [0.15, 0.2) is 12.4 Å². The number of hydrogen-bond donors (Lipinski definition) is 1. The average Bonchev–Trinajstić information content (AvgIpc) is 2.60. The molecule has 0 aliphatic carbocycles. The topological polar surface area (TPSA) is 55.4 Å². The summed E-state index contributed by atoms with van der Waals surface area (Å²) in [5, 5.41) is 3.05. The largest absolute Gasteiger partial charge is 0.484 e. The molecule has 4 heteroatoms. The number of hydrogen-bond acceptors (Lipinski definition) is 3. The quantitative estimate of drug-likeness (QED) is 0.734. The van der Waals surface area contributed by atoms with Gasteiger partial charge in [0.2, 0.25) is 0 Å². The number of rotatable bonds is 8. The van der Waals surface area contributed by atoms with E-state index >= 15 is 0 Å². The Morgan fingerprint density at radius 3 is 2.20 bits per heavy atom. The van der Waals surface area contributed by atoms with Gasteiger partial charge in [-0.15, -0.1) is 0 Å². The van der Waals surface area contributed by atoms with Crippen molar-refractivity contribution in [3.63, 3.8) is 0 Å². The molecule has 0 spiro atoms. The lowest BCUT2D eigenvalue weighted by Gasteiger charge is -2.21. The van der Waals surface area contributed by atoms with Crippen molar-refractivity contribution in [2.75, 3.05) is 6.61 Å². The molecule has 0 saturated heterocycles. The molecule has 1 N–H and O–H groups in total. The summed E-state index contributed by atoms with van der Waals surface area (Å²) in [5.74, 6) is 0.875. The van der Waals surface area contributed by atoms with Gasteiger partial charge >= 0.3 is 0 Å². The molecule has 0 bridgehead atoms. The maximum absolute atomic E-state index is 12.3. The molecule has 0 aromatic heterocycles. The van der Waals surface area contributed by atoms with Crippen LogP contribution in [0.3, 0.4) is 0 Å². The smallest absolute Gasteiger partial charge is 0.258 e. The molecule has 1 amide bonds. The molecule has 0 fully saturated rings. The van der Waals surface area contributed by atoms with Crippen molar-refractivity contribution in [2.45, 2.75) is 33.2 Å². The highest BCUT2D eigenvalue weighted by molar-refractivity contribution is 5.94. The molecule has 0 heterocycles. The maximum Gasteiger partial charge on any atom is 0.258 e. The van der Waals surface area contributed by atoms with Crippen LogP contribution in [0.15, 0.2) is 54.6 Å². The predicted octanol–water partition coefficient (Wildman–Crippen LogP) is 4.17. The first-order valence-corrected chi connectivity index (χ1v) is 8.54. The van der Waals surface area contributed by atoms with Gasteiger partial charge in [0.25, 0.3) is 5.91 Å². The Hall–Kier alpha value is -2.62. The molecule has 132 valence electrons. The van der Waals surface area contributed by atoms with Gasteiger partial charge in [-0.3, -0.25) is 9.59 Å². The van der Waals surface area contributed by atoms with E-state index in [4.69, 9.17) is 4.74 Å². The summed E-state index contributed by atoms with van der Waals surface area (Å²) in [6.45, 7) is 5.73. The van der Waals surface area contributed by atoms with E-state index in [2.05, 4.69) is 19.2 Å². The molecule has 2 rings (SSSR count). The summed E-state index contributed by atoms with van der Waals surface area (Å²) in [7, 11) is 0. The molecule has 2 aromatic carbocycles. The summed E-state index contributed by atoms with van der Waals surface area (Å²) in [6.07, 6.45) is 0.864. The lowest BCUT2D eigenvalue weighted by Crippen LogP contribution is -2.33. The molecule has 0 aliphatic rings. The second-order valence-electron chi connectivity index (χ2n) is 6.53. The third kappa shape index (κ3) is 6.07. The van der Waals surface area contributed by atoms with Gasteiger partial charge in [0.05, 0.1) is 6.04 Å². The Morgan fingerprint density at radius 1 is 1.00 bits per heavy atom. The van der Waals surface area contributed by atoms with Gasteiger partial charge in [-0.1, -0.05) is 44.2 Å². The van der Waals surface area contributed by atoms with Crippen LogP contribution in [0.5, 0.6) is 5.75 Å². The zero-order valence-electron chi connectivity index (χ0n) is 15.0. The fraction of sp³-hybridized carbons (Fsp3) is 0.333. The Labute approximate surface area is 149 Å². The third-order valence-corrected chi connectivity index (χ3v) is 3.88. The van der Waals surface area contributed by atoms with E-state index in [0.717, 1.165) is 12.0 Å². The highest BCUT2D eigenvalue weighted by Gasteiger charge is 2.16. The molecule has 0 saturated carbocycles. The first-order valence-electron chi connectivity index (χ1n) is 8.54. The second kappa shape index (κ2) is 9.02. The first kappa shape index (κ1) is 18.7. The molecule has 0 radical (unpaired) electrons. The molecule has 25 heavy (non-hydrogen) atoms. The molecule has 4 nitrogen and oxygen atoms in total. The zero-order valence-corrected chi connectivity index (χ0v) is 15.0. The Kier molecular flexibility index (Phi) is 6.75. The average molecular weight is 339 g/mol. The number of nitrogens with one attached hydrogen (secondary N) is 1. The van der Waals surface area contributed by atoms with Gasteiger partial charge < -0.3 is 10.1 Å². The summed E-state index contributed by atoms with van der Waals surface area (Å²) in [6, 6.07) is 16.7. The fourth-order valence-electron chi connectivity index (χ4n) is 2.61. The highest BCUT2D eigenvalue weighted by Crippen LogP contribution is 2.21. The van der Waals surface area contributed by atoms with Gasteiger partial charge in [0, 0.05) is 5.56 Å². The van der Waals surface area contributed by atoms with Crippen LogP contribution in [0.2, 0.25) is 0 Å². The highest BCUT2D eigenvalue weighted by atomic mass is 16.5. The van der Waals surface area contributed by atoms with Crippen molar-refractivity contribution in [3.05, 3.63) is 65.7 Å². The van der Waals surface area contributed by atoms with E-state index in [1.807, 2.05) is 30.3 Å². The molecular weight excluding hydrogens is 314 g/mol. The van der Waals surface area contributed by atoms with Crippen LogP contribution in [0.4, 0.5) is 0 Å². The number of benzene rings is 2. The van der Waals surface area contributed by atoms with Crippen molar-refractivity contribution < 1.29 is 14.3 Å². The van der Waals surface area contributed by atoms with E-state index in [9.17, 15) is 9.59 Å². The van der Waals surface area contributed by atoms with Crippen molar-refractivity contribution in [1.29, 1.82) is 0 Å². The molecule has 0 aliphatic heterocycles. The van der Waals surface area contributed by atoms with E-state index in [-0.39, 0.29) is 24.3 Å². The monoisotopic (exact) mass is 339 g/mol. The fourth-order valence-corrected chi connectivity index (χ4v) is 2.61. The van der Waals surface area contributed by atoms with E-state index in [1.54, 1.807) is 24.3 Å². The van der Waals surface area contributed by atoms with Crippen LogP contribution in [0.1, 0.15) is 49.2 Å². The molecule has 0 unspecified atom stereocenters. The van der Waals surface area contributed by atoms with E-state index < -0.39 is 0 Å². The lowest BCUT2D eigenvalue weighted by molar-refractivity contribution is -0.124. The van der Waals surface area contributed by atoms with Gasteiger partial charge in [-0.2, -0.15) is 0 Å². The van der Waals surface area contributed by atoms with Crippen molar-refractivity contribution in [3.8, 4) is 5.75 Å². The summed E-state index contributed by atoms with van der Waals surface area (Å²) < 4.78 is 5.52. The first-order chi connectivity index (χ1) is 12.0. The molecule has 1 atom stereocenters. The summed E-state index contributed by atoms with van der Waals surface area (Å²) >= 11 is 0. The number of ether oxygens (including phenoxy) is 1. The SMILES string of the molecule is CC(=O)c1ccc(OCC(=O)N[C@@H](CC(C)C)c2ccccc2)cc1. The number of carbonyl (C=O) groups excluding carboxylic acids is 2. The van der Waals surface area contributed by atoms with E-state index in [1.165, 1.54) is 6.92 Å². The maximum atomic E-state index is 12.3. The van der Waals surface area contributed by atoms with E-state index in [0.29, 0.717) is 17.2 Å². The van der Waals surface area contributed by atoms with Crippen molar-refractivity contribution in [2.24, 2.45) is 5.92 Å². The molecular formula is C21H25NO3. The number of ketones is 1. The Balaban J connectivity index is 1.93. The second-order valence-corrected chi connectivity index (χ2v) is 6.53. The minimum Gasteiger partial charge on any atom is -0.484 e. The van der Waals surface area contributed by atoms with Crippen LogP contribution in [0.25, 0.3) is 0 Å². The Bertz CT molecular complexity index is 693. The van der Waals surface area contributed by atoms with Crippen molar-refractivity contribution in [1.82, 2.24) is 5.32 Å². The van der Waals surface area contributed by atoms with Gasteiger partial charge in [-0.05, 0) is 49.1 Å². The number of carbonyl (C=O) groups is 2. The van der Waals surface area contributed by atoms with Crippen LogP contribution in [-0.2, 0) is 4.79 Å². The zero-order chi connectivity index (χ0) is 18.2. The van der Waals surface area contributed by atoms with Crippen LogP contribution < -0.4 is 10.1 Å². The van der Waals surface area contributed by atoms with Crippen molar-refractivity contribution >= 4 is 11.7 Å². The lowest BCUT2D eigenvalue weighted by atomic mass is 9.97. The number of Topliss-reactive ketones (excluding diaryl/α,β-unsaturated/α-hetero) is 1. The van der Waals surface area contributed by atoms with Crippen LogP contribution in [0, 0.1) is 5.92 Å². The summed E-state index contributed by atoms with van der Waals surface area (Å²) in [5.41, 5.74) is 1.72. The molecule has 2 aromatic rings. The minimum absolute atomic E-state index is 0.00341. The Morgan fingerprint density at radius 2 is 1.64 bits per heavy atom. The van der Waals surface area contributed by atoms with Gasteiger partial charge in [-0.25, -0.2) is 0 Å². The minimum atomic E-state index is -0.162. The van der Waals surface area contributed by atoms with Gasteiger partial charge in [0.1, 0.15) is 5.75 Å². The third-order valence-electron chi connectivity index (χ3n) is 3.88. The standard InChI is InChI=1S/C21H25NO3/c1-15(2)13-20(18-7-5-4-6-8-18)22-21(24)14-25-19-11-9-17(10-12-19)16(3)23/h4-12,15,20H,13-14H2,1-3H3,(H,22,24)/t20-/m0/s1. The predicted molar refractivity (Wildman–Crippen MR) is 98.7 cm³/mol. The summed E-state index contributed by atoms with van der Waals surface area (Å²) in [4.78, 5) is 23.5. The van der Waals surface area contributed by atoms with Crippen LogP contribution >= 0.6 is 0 Å².